The summed E-state index contributed by atoms with van der Waals surface area (Å²) >= 11 is 15.2. The summed E-state index contributed by atoms with van der Waals surface area (Å²) < 4.78 is 13.8. The monoisotopic (exact) mass is 944 g/mol. The average Bonchev–Trinajstić information content (AvgIpc) is 4.04. The third kappa shape index (κ3) is 14.0. The van der Waals surface area contributed by atoms with Crippen LogP contribution in [0.3, 0.4) is 0 Å². The Hall–Kier alpha value is -3.04. The Morgan fingerprint density at radius 1 is 0.790 bits per heavy atom. The van der Waals surface area contributed by atoms with Gasteiger partial charge in [-0.2, -0.15) is 10.2 Å². The molecule has 4 saturated heterocycles. The molecular weight excluding hydrogens is 891 g/mol. The fraction of sp³-hybridized carbons (Fsp3) is 0.561. The fourth-order valence-corrected chi connectivity index (χ4v) is 9.24. The predicted molar refractivity (Wildman–Crippen MR) is 232 cm³/mol. The molecule has 0 atom stereocenters. The number of carbonyl (C=O) groups excluding carboxylic acids is 4. The molecule has 0 bridgehead atoms. The number of urea groups is 2. The van der Waals surface area contributed by atoms with Crippen LogP contribution in [0.4, 0.5) is 9.59 Å². The number of aromatic amines is 1. The van der Waals surface area contributed by atoms with Gasteiger partial charge in [0.25, 0.3) is 12.4 Å². The first-order valence-electron chi connectivity index (χ1n) is 19.9. The molecule has 4 aromatic heterocycles. The van der Waals surface area contributed by atoms with Crippen molar-refractivity contribution in [3.63, 3.8) is 0 Å². The van der Waals surface area contributed by atoms with Gasteiger partial charge in [0.05, 0.1) is 46.5 Å². The van der Waals surface area contributed by atoms with Crippen LogP contribution < -0.4 is 34.8 Å². The molecule has 0 radical (unpaired) electrons. The van der Waals surface area contributed by atoms with E-state index in [2.05, 4.69) is 27.2 Å². The van der Waals surface area contributed by atoms with Crippen LogP contribution in [0.15, 0.2) is 36.4 Å². The third-order valence-electron chi connectivity index (χ3n) is 10.6. The number of aryl methyl sites for hydroxylation is 4. The van der Waals surface area contributed by atoms with E-state index < -0.39 is 5.41 Å². The normalized spacial score (nSPS) is 16.6. The number of thiophene rings is 2. The number of rotatable bonds is 9. The average molecular weight is 946 g/mol. The zero-order chi connectivity index (χ0) is 42.8. The van der Waals surface area contributed by atoms with Crippen LogP contribution in [0.1, 0.15) is 77.4 Å². The number of likely N-dealkylation sites (tertiary alicyclic amines) is 2. The van der Waals surface area contributed by atoms with Gasteiger partial charge in [0.1, 0.15) is 0 Å². The number of amides is 4. The molecule has 4 aliphatic rings. The summed E-state index contributed by atoms with van der Waals surface area (Å²) in [5.41, 5.74) is 3.48. The Kier molecular flexibility index (Phi) is 20.2. The van der Waals surface area contributed by atoms with E-state index >= 15 is 0 Å². The van der Waals surface area contributed by atoms with Crippen LogP contribution in [0.25, 0.3) is 0 Å². The molecule has 0 spiro atoms. The van der Waals surface area contributed by atoms with Crippen LogP contribution >= 0.6 is 45.9 Å². The zero-order valence-corrected chi connectivity index (χ0v) is 40.1. The van der Waals surface area contributed by atoms with Gasteiger partial charge in [0, 0.05) is 90.8 Å². The number of H-pyrrole nitrogens is 1. The van der Waals surface area contributed by atoms with Crippen molar-refractivity contribution in [2.75, 3.05) is 78.8 Å². The van der Waals surface area contributed by atoms with E-state index in [-0.39, 0.29) is 67.3 Å². The second kappa shape index (κ2) is 24.3. The summed E-state index contributed by atoms with van der Waals surface area (Å²) in [6, 6.07) is 12.3. The summed E-state index contributed by atoms with van der Waals surface area (Å²) in [5.74, 6) is 0.485. The maximum Gasteiger partial charge on any atom is 1.00 e. The van der Waals surface area contributed by atoms with Crippen molar-refractivity contribution in [1.82, 2.24) is 39.6 Å². The number of carbonyl (C=O) groups is 4. The van der Waals surface area contributed by atoms with E-state index in [4.69, 9.17) is 47.8 Å². The second-order valence-corrected chi connectivity index (χ2v) is 19.5. The number of hydrogen-bond acceptors (Lipinski definition) is 12. The smallest absolute Gasteiger partial charge is 0.662 e. The van der Waals surface area contributed by atoms with Crippen molar-refractivity contribution in [2.45, 2.75) is 65.7 Å². The van der Waals surface area contributed by atoms with Crippen molar-refractivity contribution in [2.24, 2.45) is 5.41 Å². The number of halogens is 2. The van der Waals surface area contributed by atoms with E-state index in [9.17, 15) is 14.4 Å². The first-order chi connectivity index (χ1) is 28.8. The molecule has 4 aromatic rings. The Morgan fingerprint density at radius 3 is 1.69 bits per heavy atom. The van der Waals surface area contributed by atoms with Gasteiger partial charge in [-0.1, -0.05) is 51.4 Å². The van der Waals surface area contributed by atoms with Crippen LogP contribution in [-0.2, 0) is 44.8 Å². The largest absolute Gasteiger partial charge is 1.00 e. The molecule has 21 heteroatoms. The van der Waals surface area contributed by atoms with Crippen molar-refractivity contribution < 1.29 is 68.4 Å². The molecule has 4 aliphatic heterocycles. The van der Waals surface area contributed by atoms with Gasteiger partial charge in [-0.25, -0.2) is 14.3 Å². The van der Waals surface area contributed by atoms with Gasteiger partial charge in [-0.05, 0) is 62.1 Å². The molecule has 0 saturated carbocycles. The Morgan fingerprint density at radius 2 is 1.26 bits per heavy atom. The molecule has 0 aliphatic carbocycles. The van der Waals surface area contributed by atoms with Crippen molar-refractivity contribution >= 4 is 70.3 Å². The first kappa shape index (κ1) is 51.6. The summed E-state index contributed by atoms with van der Waals surface area (Å²) in [5, 5.41) is 20.7. The molecule has 0 aromatic carbocycles. The Labute approximate surface area is 403 Å². The fourth-order valence-electron chi connectivity index (χ4n) is 7.06. The Balaban J connectivity index is 0.000000248. The van der Waals surface area contributed by atoms with Gasteiger partial charge in [-0.15, -0.1) is 22.7 Å². The molecule has 16 nitrogen and oxygen atoms in total. The maximum atomic E-state index is 13.0. The standard InChI is InChI=1S/C22H29ClN4O3S.C17H21ClN4O2S.CH2O3.CH4.Na/c1-22(2,3)20(28)27-16(4-5-17-6-7-19(23)31-17)12-18(24-27)15-13-26(14-15)21(29)25-8-10-30-11-9-25;18-16-4-3-14(25-16)2-1-13-9-15(20-19-13)12-10-22(11-12)17(23)21-5-7-24-8-6-21;2-1-4-3;;/h6-7,12,15H,4-5,8-11,13-14H2,1-3H3;3-4,9,12H,1-2,5-8,10-11H2,(H,19,20);1,3H;1H4;/q;;;;+1/p-1. The SMILES string of the molecule is C.CC(C)(C)C(=O)n1nc(C2CN(C(=O)N3CCOCC3)C2)cc1CCc1ccc(Cl)s1.O=C(N1CCOCC1)N1CC(c2cc(CCc3ccc(Cl)s3)[nH]n2)C1.O=CO[O-].[Na+]. The van der Waals surface area contributed by atoms with Crippen LogP contribution in [0.5, 0.6) is 0 Å². The molecule has 1 N–H and O–H groups in total. The molecule has 334 valence electrons. The summed E-state index contributed by atoms with van der Waals surface area (Å²) in [7, 11) is 0. The number of nitrogens with one attached hydrogen (secondary N) is 1. The molecule has 4 fully saturated rings. The van der Waals surface area contributed by atoms with Crippen LogP contribution in [-0.4, -0.2) is 143 Å². The predicted octanol–water partition coefficient (Wildman–Crippen LogP) is 2.76. The second-order valence-electron chi connectivity index (χ2n) is 15.9. The first-order valence-corrected chi connectivity index (χ1v) is 22.3. The summed E-state index contributed by atoms with van der Waals surface area (Å²) in [6.07, 6.45) is 3.42. The van der Waals surface area contributed by atoms with E-state index in [1.165, 1.54) is 9.75 Å². The maximum absolute atomic E-state index is 13.0. The van der Waals surface area contributed by atoms with Gasteiger partial charge in [0.2, 0.25) is 0 Å². The van der Waals surface area contributed by atoms with E-state index in [1.807, 2.05) is 64.6 Å². The molecule has 8 heterocycles. The van der Waals surface area contributed by atoms with Crippen molar-refractivity contribution in [1.29, 1.82) is 0 Å². The van der Waals surface area contributed by atoms with Gasteiger partial charge in [-0.3, -0.25) is 14.7 Å². The zero-order valence-electron chi connectivity index (χ0n) is 35.0. The minimum atomic E-state index is -0.526. The Bertz CT molecular complexity index is 2050. The quantitative estimate of drug-likeness (QED) is 0.114. The van der Waals surface area contributed by atoms with Crippen molar-refractivity contribution in [3.05, 3.63) is 77.6 Å². The van der Waals surface area contributed by atoms with Crippen LogP contribution in [0, 0.1) is 5.41 Å². The topological polar surface area (TPSA) is 178 Å². The van der Waals surface area contributed by atoms with Crippen LogP contribution in [0.2, 0.25) is 8.67 Å². The summed E-state index contributed by atoms with van der Waals surface area (Å²) in [4.78, 5) is 59.2. The van der Waals surface area contributed by atoms with Gasteiger partial charge < -0.3 is 39.2 Å². The number of hydrogen-bond donors (Lipinski definition) is 1. The van der Waals surface area contributed by atoms with Crippen molar-refractivity contribution in [3.8, 4) is 0 Å². The minimum Gasteiger partial charge on any atom is -0.662 e. The third-order valence-corrected chi connectivity index (χ3v) is 13.1. The van der Waals surface area contributed by atoms with E-state index in [0.29, 0.717) is 71.6 Å². The van der Waals surface area contributed by atoms with Gasteiger partial charge in [0.15, 0.2) is 0 Å². The molecule has 4 amide bonds. The number of aromatic nitrogens is 4. The number of morpholine rings is 2. The van der Waals surface area contributed by atoms with Gasteiger partial charge >= 0.3 is 41.6 Å². The minimum absolute atomic E-state index is 0. The number of nitrogens with zero attached hydrogens (tertiary/aromatic N) is 7. The summed E-state index contributed by atoms with van der Waals surface area (Å²) in [6.45, 7) is 13.5. The molecule has 8 rings (SSSR count). The molecular formula is C41H55Cl2N8NaO8S2. The van der Waals surface area contributed by atoms with E-state index in [1.54, 1.807) is 27.4 Å². The molecule has 0 unspecified atom stereocenters. The molecule has 62 heavy (non-hydrogen) atoms. The van der Waals surface area contributed by atoms with E-state index in [0.717, 1.165) is 70.2 Å². The number of ether oxygens (including phenoxy) is 2.